The van der Waals surface area contributed by atoms with Crippen molar-refractivity contribution in [3.05, 3.63) is 28.2 Å². The number of amides is 1. The average Bonchev–Trinajstić information content (AvgIpc) is 2.43. The van der Waals surface area contributed by atoms with E-state index in [0.29, 0.717) is 18.5 Å². The lowest BCUT2D eigenvalue weighted by atomic mass is 10.1. The van der Waals surface area contributed by atoms with E-state index < -0.39 is 0 Å². The standard InChI is InChI=1S/C16H23BrN2O2/c1-11-9-19(10-12(2)18-11)16(20)7-5-13-4-6-15(21-3)14(17)8-13/h4,6,8,11-12,18H,5,7,9-10H2,1-3H3/t11-,12+. The number of halogens is 1. The maximum atomic E-state index is 12.3. The summed E-state index contributed by atoms with van der Waals surface area (Å²) in [6.07, 6.45) is 1.31. The summed E-state index contributed by atoms with van der Waals surface area (Å²) in [5.41, 5.74) is 1.15. The number of benzene rings is 1. The largest absolute Gasteiger partial charge is 0.496 e. The first-order valence-corrected chi connectivity index (χ1v) is 8.15. The highest BCUT2D eigenvalue weighted by molar-refractivity contribution is 9.10. The second-order valence-electron chi connectivity index (χ2n) is 5.74. The Labute approximate surface area is 135 Å². The minimum atomic E-state index is 0.238. The van der Waals surface area contributed by atoms with Crippen molar-refractivity contribution in [2.45, 2.75) is 38.8 Å². The van der Waals surface area contributed by atoms with Crippen molar-refractivity contribution in [3.8, 4) is 5.75 Å². The first-order valence-electron chi connectivity index (χ1n) is 7.36. The summed E-state index contributed by atoms with van der Waals surface area (Å²) in [7, 11) is 1.65. The Kier molecular flexibility index (Phi) is 5.65. The van der Waals surface area contributed by atoms with Gasteiger partial charge in [-0.2, -0.15) is 0 Å². The molecule has 0 bridgehead atoms. The van der Waals surface area contributed by atoms with Crippen LogP contribution in [-0.2, 0) is 11.2 Å². The minimum absolute atomic E-state index is 0.238. The van der Waals surface area contributed by atoms with Gasteiger partial charge in [0.25, 0.3) is 0 Å². The Morgan fingerprint density at radius 1 is 1.38 bits per heavy atom. The summed E-state index contributed by atoms with van der Waals surface area (Å²) in [5, 5.41) is 3.44. The molecule has 0 saturated carbocycles. The lowest BCUT2D eigenvalue weighted by Crippen LogP contribution is -2.55. The molecule has 1 amide bonds. The van der Waals surface area contributed by atoms with Crippen LogP contribution in [0.5, 0.6) is 5.75 Å². The van der Waals surface area contributed by atoms with Crippen LogP contribution < -0.4 is 10.1 Å². The number of hydrogen-bond acceptors (Lipinski definition) is 3. The van der Waals surface area contributed by atoms with Gasteiger partial charge in [-0.05, 0) is 53.9 Å². The number of piperazine rings is 1. The summed E-state index contributed by atoms with van der Waals surface area (Å²) in [5.74, 6) is 1.05. The molecule has 0 aliphatic carbocycles. The maximum absolute atomic E-state index is 12.3. The zero-order chi connectivity index (χ0) is 15.4. The van der Waals surface area contributed by atoms with Gasteiger partial charge in [0.2, 0.25) is 5.91 Å². The molecule has 5 heteroatoms. The van der Waals surface area contributed by atoms with E-state index in [1.54, 1.807) is 7.11 Å². The monoisotopic (exact) mass is 354 g/mol. The molecule has 1 aliphatic rings. The topological polar surface area (TPSA) is 41.6 Å². The zero-order valence-electron chi connectivity index (χ0n) is 12.9. The number of aryl methyl sites for hydroxylation is 1. The van der Waals surface area contributed by atoms with Gasteiger partial charge in [0.1, 0.15) is 5.75 Å². The van der Waals surface area contributed by atoms with E-state index in [1.807, 2.05) is 23.1 Å². The van der Waals surface area contributed by atoms with Crippen LogP contribution in [0, 0.1) is 0 Å². The van der Waals surface area contributed by atoms with Crippen LogP contribution in [0.3, 0.4) is 0 Å². The Balaban J connectivity index is 1.90. The zero-order valence-corrected chi connectivity index (χ0v) is 14.4. The molecule has 0 unspecified atom stereocenters. The first-order chi connectivity index (χ1) is 9.99. The molecular weight excluding hydrogens is 332 g/mol. The van der Waals surface area contributed by atoms with Gasteiger partial charge in [0, 0.05) is 31.6 Å². The Bertz CT molecular complexity index is 497. The van der Waals surface area contributed by atoms with Gasteiger partial charge in [0.05, 0.1) is 11.6 Å². The van der Waals surface area contributed by atoms with E-state index in [-0.39, 0.29) is 5.91 Å². The van der Waals surface area contributed by atoms with Crippen LogP contribution in [0.25, 0.3) is 0 Å². The van der Waals surface area contributed by atoms with Crippen molar-refractivity contribution in [1.82, 2.24) is 10.2 Å². The highest BCUT2D eigenvalue weighted by Crippen LogP contribution is 2.26. The van der Waals surface area contributed by atoms with Gasteiger partial charge in [-0.25, -0.2) is 0 Å². The van der Waals surface area contributed by atoms with E-state index >= 15 is 0 Å². The SMILES string of the molecule is COc1ccc(CCC(=O)N2C[C@@H](C)N[C@@H](C)C2)cc1Br. The van der Waals surface area contributed by atoms with E-state index in [0.717, 1.165) is 35.3 Å². The molecule has 1 aromatic rings. The summed E-state index contributed by atoms with van der Waals surface area (Å²) < 4.78 is 6.15. The summed E-state index contributed by atoms with van der Waals surface area (Å²) in [4.78, 5) is 14.3. The van der Waals surface area contributed by atoms with Crippen molar-refractivity contribution in [1.29, 1.82) is 0 Å². The molecule has 0 spiro atoms. The summed E-state index contributed by atoms with van der Waals surface area (Å²) in [6.45, 7) is 5.85. The number of carbonyl (C=O) groups is 1. The second-order valence-corrected chi connectivity index (χ2v) is 6.59. The van der Waals surface area contributed by atoms with Crippen molar-refractivity contribution in [2.24, 2.45) is 0 Å². The highest BCUT2D eigenvalue weighted by Gasteiger charge is 2.24. The quantitative estimate of drug-likeness (QED) is 0.903. The van der Waals surface area contributed by atoms with Gasteiger partial charge in [-0.1, -0.05) is 6.07 Å². The third-order valence-corrected chi connectivity index (χ3v) is 4.37. The van der Waals surface area contributed by atoms with Gasteiger partial charge in [-0.15, -0.1) is 0 Å². The third-order valence-electron chi connectivity index (χ3n) is 3.75. The Morgan fingerprint density at radius 3 is 2.62 bits per heavy atom. The van der Waals surface area contributed by atoms with E-state index in [4.69, 9.17) is 4.74 Å². The number of methoxy groups -OCH3 is 1. The van der Waals surface area contributed by atoms with Crippen molar-refractivity contribution in [2.75, 3.05) is 20.2 Å². The smallest absolute Gasteiger partial charge is 0.223 e. The van der Waals surface area contributed by atoms with Crippen molar-refractivity contribution in [3.63, 3.8) is 0 Å². The summed E-state index contributed by atoms with van der Waals surface area (Å²) in [6, 6.07) is 6.70. The molecule has 21 heavy (non-hydrogen) atoms. The fourth-order valence-electron chi connectivity index (χ4n) is 2.81. The molecule has 1 saturated heterocycles. The van der Waals surface area contributed by atoms with Gasteiger partial charge >= 0.3 is 0 Å². The lowest BCUT2D eigenvalue weighted by molar-refractivity contribution is -0.132. The fourth-order valence-corrected chi connectivity index (χ4v) is 3.39. The van der Waals surface area contributed by atoms with Crippen LogP contribution in [-0.4, -0.2) is 43.1 Å². The molecule has 2 rings (SSSR count). The lowest BCUT2D eigenvalue weighted by Gasteiger charge is -2.36. The van der Waals surface area contributed by atoms with Crippen LogP contribution in [0.4, 0.5) is 0 Å². The second kappa shape index (κ2) is 7.27. The average molecular weight is 355 g/mol. The number of rotatable bonds is 4. The van der Waals surface area contributed by atoms with Crippen molar-refractivity contribution >= 4 is 21.8 Å². The molecular formula is C16H23BrN2O2. The van der Waals surface area contributed by atoms with Crippen molar-refractivity contribution < 1.29 is 9.53 Å². The number of ether oxygens (including phenoxy) is 1. The van der Waals surface area contributed by atoms with Crippen LogP contribution in [0.2, 0.25) is 0 Å². The number of carbonyl (C=O) groups excluding carboxylic acids is 1. The van der Waals surface area contributed by atoms with Crippen LogP contribution >= 0.6 is 15.9 Å². The molecule has 4 nitrogen and oxygen atoms in total. The molecule has 1 aliphatic heterocycles. The normalized spacial score (nSPS) is 22.2. The first kappa shape index (κ1) is 16.3. The number of nitrogens with one attached hydrogen (secondary N) is 1. The highest BCUT2D eigenvalue weighted by atomic mass is 79.9. The number of nitrogens with zero attached hydrogens (tertiary/aromatic N) is 1. The molecule has 1 aromatic carbocycles. The van der Waals surface area contributed by atoms with Gasteiger partial charge < -0.3 is 15.0 Å². The van der Waals surface area contributed by atoms with Gasteiger partial charge in [-0.3, -0.25) is 4.79 Å². The predicted molar refractivity (Wildman–Crippen MR) is 87.7 cm³/mol. The van der Waals surface area contributed by atoms with E-state index in [9.17, 15) is 4.79 Å². The minimum Gasteiger partial charge on any atom is -0.496 e. The predicted octanol–water partition coefficient (Wildman–Crippen LogP) is 2.60. The third kappa shape index (κ3) is 4.45. The van der Waals surface area contributed by atoms with Crippen LogP contribution in [0.15, 0.2) is 22.7 Å². The molecule has 1 fully saturated rings. The van der Waals surface area contributed by atoms with E-state index in [2.05, 4.69) is 35.1 Å². The maximum Gasteiger partial charge on any atom is 0.223 e. The molecule has 116 valence electrons. The fraction of sp³-hybridized carbons (Fsp3) is 0.562. The Hall–Kier alpha value is -1.07. The molecule has 1 N–H and O–H groups in total. The molecule has 0 aromatic heterocycles. The molecule has 0 radical (unpaired) electrons. The summed E-state index contributed by atoms with van der Waals surface area (Å²) >= 11 is 3.48. The van der Waals surface area contributed by atoms with Crippen LogP contribution in [0.1, 0.15) is 25.8 Å². The van der Waals surface area contributed by atoms with Gasteiger partial charge in [0.15, 0.2) is 0 Å². The number of hydrogen-bond donors (Lipinski definition) is 1. The molecule has 1 heterocycles. The van der Waals surface area contributed by atoms with E-state index in [1.165, 1.54) is 0 Å². The molecule has 2 atom stereocenters. The Morgan fingerprint density at radius 2 is 2.05 bits per heavy atom.